The second-order valence-electron chi connectivity index (χ2n) is 11.3. The first-order valence-corrected chi connectivity index (χ1v) is 14.3. The monoisotopic (exact) mass is 550 g/mol. The summed E-state index contributed by atoms with van der Waals surface area (Å²) in [5.41, 5.74) is 1.89. The number of amides is 2. The molecule has 3 aromatic rings. The number of fused-ring (bicyclic) bond motifs is 1. The summed E-state index contributed by atoms with van der Waals surface area (Å²) < 4.78 is 13.9. The van der Waals surface area contributed by atoms with E-state index in [0.29, 0.717) is 11.8 Å². The van der Waals surface area contributed by atoms with Crippen molar-refractivity contribution in [3.05, 3.63) is 48.3 Å². The lowest BCUT2D eigenvalue weighted by Gasteiger charge is -2.33. The molecule has 0 aliphatic heterocycles. The number of nitrogens with zero attached hydrogens (tertiary/aromatic N) is 2. The van der Waals surface area contributed by atoms with Gasteiger partial charge in [0.05, 0.1) is 24.3 Å². The molecular weight excluding hydrogens is 511 g/mol. The SMILES string of the molecule is C[C@H](CO)Nc1nc(NC2CCC(NC(=O)NC3(CO)CCCC3)CC2)c2cc(-c3cccc(F)c3)ccc2n1. The fourth-order valence-corrected chi connectivity index (χ4v) is 5.83. The number of urea groups is 1. The van der Waals surface area contributed by atoms with Crippen LogP contribution in [0.25, 0.3) is 22.0 Å². The second kappa shape index (κ2) is 12.3. The summed E-state index contributed by atoms with van der Waals surface area (Å²) in [5.74, 6) is 0.807. The number of aromatic nitrogens is 2. The van der Waals surface area contributed by atoms with E-state index in [1.54, 1.807) is 6.07 Å². The van der Waals surface area contributed by atoms with Gasteiger partial charge in [0.2, 0.25) is 5.95 Å². The Morgan fingerprint density at radius 3 is 2.45 bits per heavy atom. The minimum atomic E-state index is -0.486. The van der Waals surface area contributed by atoms with Gasteiger partial charge in [-0.1, -0.05) is 31.0 Å². The quantitative estimate of drug-likeness (QED) is 0.230. The number of anilines is 2. The molecule has 0 saturated heterocycles. The lowest BCUT2D eigenvalue weighted by atomic mass is 9.91. The van der Waals surface area contributed by atoms with E-state index >= 15 is 0 Å². The number of hydrogen-bond acceptors (Lipinski definition) is 7. The number of aliphatic hydroxyl groups is 2. The van der Waals surface area contributed by atoms with Crippen LogP contribution in [-0.4, -0.2) is 63.1 Å². The summed E-state index contributed by atoms with van der Waals surface area (Å²) in [7, 11) is 0. The standard InChI is InChI=1S/C30H39FN6O3/c1-19(17-38)32-28-35-26-12-7-21(20-5-4-6-22(31)15-20)16-25(26)27(36-28)33-23-8-10-24(11-9-23)34-29(40)37-30(18-39)13-2-3-14-30/h4-7,12,15-16,19,23-24,38-39H,2-3,8-11,13-14,17-18H2,1H3,(H2,34,37,40)(H2,32,33,35,36)/t19-,23?,24?/m1/s1. The molecule has 0 unspecified atom stereocenters. The number of rotatable bonds is 9. The van der Waals surface area contributed by atoms with Crippen molar-refractivity contribution < 1.29 is 19.4 Å². The van der Waals surface area contributed by atoms with Gasteiger partial charge in [-0.05, 0) is 80.8 Å². The molecule has 1 heterocycles. The van der Waals surface area contributed by atoms with Crippen LogP contribution in [0, 0.1) is 5.82 Å². The van der Waals surface area contributed by atoms with Crippen LogP contribution in [0.1, 0.15) is 58.3 Å². The zero-order valence-corrected chi connectivity index (χ0v) is 22.9. The summed E-state index contributed by atoms with van der Waals surface area (Å²) in [6, 6.07) is 12.1. The first-order valence-electron chi connectivity index (χ1n) is 14.3. The van der Waals surface area contributed by atoms with Crippen molar-refractivity contribution in [1.29, 1.82) is 0 Å². The van der Waals surface area contributed by atoms with Gasteiger partial charge in [-0.3, -0.25) is 0 Å². The number of aliphatic hydroxyl groups excluding tert-OH is 2. The number of carbonyl (C=O) groups is 1. The minimum Gasteiger partial charge on any atom is -0.394 e. The molecule has 0 bridgehead atoms. The average molecular weight is 551 g/mol. The van der Waals surface area contributed by atoms with E-state index in [1.165, 1.54) is 12.1 Å². The van der Waals surface area contributed by atoms with Gasteiger partial charge < -0.3 is 31.5 Å². The Kier molecular flexibility index (Phi) is 8.66. The van der Waals surface area contributed by atoms with E-state index in [2.05, 4.69) is 26.3 Å². The molecule has 214 valence electrons. The zero-order valence-electron chi connectivity index (χ0n) is 22.9. The first kappa shape index (κ1) is 28.0. The summed E-state index contributed by atoms with van der Waals surface area (Å²) in [6.45, 7) is 1.78. The van der Waals surface area contributed by atoms with E-state index in [0.717, 1.165) is 73.4 Å². The Hall–Kier alpha value is -3.50. The fourth-order valence-electron chi connectivity index (χ4n) is 5.83. The minimum absolute atomic E-state index is 0.0289. The van der Waals surface area contributed by atoms with Gasteiger partial charge in [-0.15, -0.1) is 0 Å². The van der Waals surface area contributed by atoms with Crippen molar-refractivity contribution in [2.45, 2.75) is 82.0 Å². The number of benzene rings is 2. The molecule has 2 fully saturated rings. The molecule has 0 radical (unpaired) electrons. The smallest absolute Gasteiger partial charge is 0.315 e. The number of nitrogens with one attached hydrogen (secondary N) is 4. The van der Waals surface area contributed by atoms with Crippen LogP contribution in [0.3, 0.4) is 0 Å². The summed E-state index contributed by atoms with van der Waals surface area (Å²) in [5, 5.41) is 33.0. The van der Waals surface area contributed by atoms with Crippen molar-refractivity contribution in [3.63, 3.8) is 0 Å². The van der Waals surface area contributed by atoms with E-state index in [-0.39, 0.29) is 43.2 Å². The average Bonchev–Trinajstić information content (AvgIpc) is 3.42. The molecule has 2 amide bonds. The molecule has 10 heteroatoms. The summed E-state index contributed by atoms with van der Waals surface area (Å²) >= 11 is 0. The van der Waals surface area contributed by atoms with Crippen LogP contribution in [0.15, 0.2) is 42.5 Å². The zero-order chi connectivity index (χ0) is 28.1. The van der Waals surface area contributed by atoms with E-state index in [1.807, 2.05) is 31.2 Å². The topological polar surface area (TPSA) is 131 Å². The largest absolute Gasteiger partial charge is 0.394 e. The second-order valence-corrected chi connectivity index (χ2v) is 11.3. The molecule has 2 saturated carbocycles. The van der Waals surface area contributed by atoms with Crippen molar-refractivity contribution in [2.75, 3.05) is 23.8 Å². The third-order valence-corrected chi connectivity index (χ3v) is 8.15. The Morgan fingerprint density at radius 2 is 1.75 bits per heavy atom. The summed E-state index contributed by atoms with van der Waals surface area (Å²) in [4.78, 5) is 22.1. The highest BCUT2D eigenvalue weighted by Crippen LogP contribution is 2.32. The van der Waals surface area contributed by atoms with Crippen LogP contribution in [0.2, 0.25) is 0 Å². The van der Waals surface area contributed by atoms with Gasteiger partial charge in [-0.2, -0.15) is 4.98 Å². The van der Waals surface area contributed by atoms with Crippen LogP contribution >= 0.6 is 0 Å². The maximum atomic E-state index is 13.9. The predicted octanol–water partition coefficient (Wildman–Crippen LogP) is 4.56. The van der Waals surface area contributed by atoms with Gasteiger partial charge in [-0.25, -0.2) is 14.2 Å². The molecule has 1 aromatic heterocycles. The Morgan fingerprint density at radius 1 is 1.02 bits per heavy atom. The molecule has 9 nitrogen and oxygen atoms in total. The molecule has 1 atom stereocenters. The van der Waals surface area contributed by atoms with Gasteiger partial charge in [0.25, 0.3) is 0 Å². The Bertz CT molecular complexity index is 1320. The lowest BCUT2D eigenvalue weighted by molar-refractivity contribution is 0.160. The van der Waals surface area contributed by atoms with E-state index < -0.39 is 5.54 Å². The highest BCUT2D eigenvalue weighted by atomic mass is 19.1. The highest BCUT2D eigenvalue weighted by Gasteiger charge is 2.35. The third-order valence-electron chi connectivity index (χ3n) is 8.15. The highest BCUT2D eigenvalue weighted by molar-refractivity contribution is 5.93. The third kappa shape index (κ3) is 6.62. The molecule has 0 spiro atoms. The number of carbonyl (C=O) groups excluding carboxylic acids is 1. The first-order chi connectivity index (χ1) is 19.4. The predicted molar refractivity (Wildman–Crippen MR) is 155 cm³/mol. The number of halogens is 1. The van der Waals surface area contributed by atoms with E-state index in [9.17, 15) is 19.4 Å². The van der Waals surface area contributed by atoms with Crippen molar-refractivity contribution in [2.24, 2.45) is 0 Å². The maximum Gasteiger partial charge on any atom is 0.315 e. The molecule has 2 aliphatic carbocycles. The van der Waals surface area contributed by atoms with Crippen molar-refractivity contribution >= 4 is 28.7 Å². The van der Waals surface area contributed by atoms with Gasteiger partial charge in [0, 0.05) is 23.5 Å². The van der Waals surface area contributed by atoms with Crippen LogP contribution in [0.5, 0.6) is 0 Å². The normalized spacial score (nSPS) is 21.1. The summed E-state index contributed by atoms with van der Waals surface area (Å²) in [6.07, 6.45) is 7.01. The lowest BCUT2D eigenvalue weighted by Crippen LogP contribution is -2.55. The molecule has 40 heavy (non-hydrogen) atoms. The fraction of sp³-hybridized carbons (Fsp3) is 0.500. The molecule has 2 aromatic carbocycles. The van der Waals surface area contributed by atoms with Crippen LogP contribution in [0.4, 0.5) is 21.0 Å². The molecule has 5 rings (SSSR count). The van der Waals surface area contributed by atoms with Crippen LogP contribution in [-0.2, 0) is 0 Å². The molecular formula is C30H39FN6O3. The van der Waals surface area contributed by atoms with Crippen molar-refractivity contribution in [3.8, 4) is 11.1 Å². The Labute approximate surface area is 234 Å². The molecule has 6 N–H and O–H groups in total. The van der Waals surface area contributed by atoms with Gasteiger partial charge in [0.1, 0.15) is 11.6 Å². The van der Waals surface area contributed by atoms with Gasteiger partial charge in [0.15, 0.2) is 0 Å². The Balaban J connectivity index is 1.29. The van der Waals surface area contributed by atoms with Crippen molar-refractivity contribution in [1.82, 2.24) is 20.6 Å². The van der Waals surface area contributed by atoms with Crippen LogP contribution < -0.4 is 21.3 Å². The van der Waals surface area contributed by atoms with Gasteiger partial charge >= 0.3 is 6.03 Å². The van der Waals surface area contributed by atoms with E-state index in [4.69, 9.17) is 4.98 Å². The number of hydrogen-bond donors (Lipinski definition) is 6. The molecule has 2 aliphatic rings. The maximum absolute atomic E-state index is 13.9.